The fourth-order valence-corrected chi connectivity index (χ4v) is 16.4. The molecule has 0 amide bonds. The average Bonchev–Trinajstić information content (AvgIpc) is 0.692. The van der Waals surface area contributed by atoms with Gasteiger partial charge in [-0.15, -0.1) is 0 Å². The van der Waals surface area contributed by atoms with Crippen LogP contribution in [0.15, 0.2) is 176 Å². The number of hydrogen-bond acceptors (Lipinski definition) is 2. The molecule has 0 aliphatic carbocycles. The van der Waals surface area contributed by atoms with Gasteiger partial charge in [-0.05, 0) is 258 Å². The standard InChI is InChI=1S/C96H113BN2/c1-54(2)71-42-78(58(9)10)92(79(43-71)59(11)12)67-30-36-76(37-31-67)98-88-40-34-69(94-82(62(17)18)46-73(56(5)6)47-83(94)63(19)20)50-86(88)97-87-51-70(95-84(64(21)22)48-74(57(7)8)49-85(95)65(23)24)35-41-89(87)99(91-53-75(52-90(98)96(91)97)66-28-26-25-27-29-66)77-38-32-68(33-39-77)93-80(60(13)14)44-72(55(3)4)45-81(93)61(15)16/h25-65H,1-24H3. The van der Waals surface area contributed by atoms with Gasteiger partial charge >= 0.3 is 0 Å². The molecule has 0 unspecified atom stereocenters. The van der Waals surface area contributed by atoms with E-state index in [0.717, 1.165) is 11.4 Å². The second-order valence-corrected chi connectivity index (χ2v) is 33.2. The van der Waals surface area contributed by atoms with Crippen molar-refractivity contribution in [3.05, 3.63) is 243 Å². The van der Waals surface area contributed by atoms with E-state index in [9.17, 15) is 0 Å². The van der Waals surface area contributed by atoms with Crippen LogP contribution in [0.1, 0.15) is 304 Å². The van der Waals surface area contributed by atoms with Crippen LogP contribution < -0.4 is 26.2 Å². The fraction of sp³-hybridized carbons (Fsp3) is 0.375. The van der Waals surface area contributed by atoms with Gasteiger partial charge in [0.25, 0.3) is 6.71 Å². The van der Waals surface area contributed by atoms with Gasteiger partial charge in [-0.3, -0.25) is 0 Å². The maximum Gasteiger partial charge on any atom is 0.252 e. The molecule has 2 aliphatic heterocycles. The zero-order valence-electron chi connectivity index (χ0n) is 64.6. The Bertz CT molecular complexity index is 4230. The van der Waals surface area contributed by atoms with Crippen molar-refractivity contribution in [2.75, 3.05) is 9.80 Å². The number of rotatable bonds is 19. The summed E-state index contributed by atoms with van der Waals surface area (Å²) < 4.78 is 0. The second kappa shape index (κ2) is 28.1. The van der Waals surface area contributed by atoms with E-state index in [-0.39, 0.29) is 6.71 Å². The van der Waals surface area contributed by atoms with Crippen molar-refractivity contribution in [3.8, 4) is 55.6 Å². The van der Waals surface area contributed by atoms with Crippen molar-refractivity contribution < 1.29 is 0 Å². The summed E-state index contributed by atoms with van der Waals surface area (Å²) in [6, 6.07) is 71.2. The Labute approximate surface area is 598 Å². The fourth-order valence-electron chi connectivity index (χ4n) is 16.4. The van der Waals surface area contributed by atoms with Crippen LogP contribution in [0.5, 0.6) is 0 Å². The third kappa shape index (κ3) is 13.1. The number of fused-ring (bicyclic) bond motifs is 4. The molecular weight excluding hydrogens is 1190 g/mol. The second-order valence-electron chi connectivity index (χ2n) is 33.2. The van der Waals surface area contributed by atoms with E-state index in [1.165, 1.54) is 162 Å². The first-order valence-electron chi connectivity index (χ1n) is 38.1. The lowest BCUT2D eigenvalue weighted by Gasteiger charge is -2.45. The molecule has 0 radical (unpaired) electrons. The van der Waals surface area contributed by atoms with Gasteiger partial charge in [0, 0.05) is 34.1 Å². The monoisotopic (exact) mass is 1300 g/mol. The van der Waals surface area contributed by atoms with Crippen molar-refractivity contribution in [1.29, 1.82) is 0 Å². The van der Waals surface area contributed by atoms with Gasteiger partial charge in [-0.25, -0.2) is 0 Å². The van der Waals surface area contributed by atoms with Gasteiger partial charge in [-0.1, -0.05) is 294 Å². The molecule has 0 aromatic heterocycles. The van der Waals surface area contributed by atoms with Crippen LogP contribution in [0.25, 0.3) is 55.6 Å². The predicted octanol–water partition coefficient (Wildman–Crippen LogP) is 27.6. The van der Waals surface area contributed by atoms with Crippen LogP contribution in [-0.4, -0.2) is 6.71 Å². The first-order chi connectivity index (χ1) is 47.0. The third-order valence-corrected chi connectivity index (χ3v) is 22.1. The van der Waals surface area contributed by atoms with Crippen LogP contribution in [0.4, 0.5) is 34.1 Å². The summed E-state index contributed by atoms with van der Waals surface area (Å²) in [5.74, 6) is 4.42. The minimum absolute atomic E-state index is 0.140. The van der Waals surface area contributed by atoms with E-state index < -0.39 is 0 Å². The summed E-state index contributed by atoms with van der Waals surface area (Å²) in [6.45, 7) is 56.8. The lowest BCUT2D eigenvalue weighted by Crippen LogP contribution is -2.61. The molecular formula is C96H113BN2. The Kier molecular flexibility index (Phi) is 20.1. The minimum Gasteiger partial charge on any atom is -0.311 e. The number of anilines is 6. The lowest BCUT2D eigenvalue weighted by atomic mass is 9.33. The molecule has 0 saturated carbocycles. The Morgan fingerprint density at radius 3 is 0.717 bits per heavy atom. The van der Waals surface area contributed by atoms with E-state index in [4.69, 9.17) is 0 Å². The maximum atomic E-state index is 2.66. The van der Waals surface area contributed by atoms with E-state index in [2.05, 4.69) is 352 Å². The molecule has 0 atom stereocenters. The van der Waals surface area contributed by atoms with Crippen molar-refractivity contribution in [2.24, 2.45) is 0 Å². The molecule has 2 aliphatic rings. The number of nitrogens with zero attached hydrogens (tertiary/aromatic N) is 2. The molecule has 0 N–H and O–H groups in total. The molecule has 2 heterocycles. The third-order valence-electron chi connectivity index (χ3n) is 22.1. The summed E-state index contributed by atoms with van der Waals surface area (Å²) in [4.78, 5) is 5.31. The number of benzene rings is 10. The summed E-state index contributed by atoms with van der Waals surface area (Å²) in [5.41, 5.74) is 41.3. The molecule has 99 heavy (non-hydrogen) atoms. The lowest BCUT2D eigenvalue weighted by molar-refractivity contribution is 0.807. The molecule has 510 valence electrons. The molecule has 10 aromatic carbocycles. The average molecular weight is 1310 g/mol. The largest absolute Gasteiger partial charge is 0.311 e. The Balaban J connectivity index is 1.21. The molecule has 3 heteroatoms. The quantitative estimate of drug-likeness (QED) is 0.0745. The summed E-state index contributed by atoms with van der Waals surface area (Å²) >= 11 is 0. The molecule has 0 bridgehead atoms. The Morgan fingerprint density at radius 2 is 0.465 bits per heavy atom. The first-order valence-corrected chi connectivity index (χ1v) is 38.1. The van der Waals surface area contributed by atoms with Crippen LogP contribution in [0, 0.1) is 0 Å². The molecule has 0 spiro atoms. The SMILES string of the molecule is CC(C)c1cc(C(C)C)c(-c2ccc(N3c4ccc(-c5c(C(C)C)cc(C(C)C)cc5C(C)C)cc4B4c5cc(-c6c(C(C)C)cc(C(C)C)cc6C(C)C)ccc5N(c5ccc(-c6c(C(C)C)cc(C(C)C)cc6C(C)C)cc5)c5cc(-c6ccccc6)cc3c54)cc2)c(C(C)C)c1. The van der Waals surface area contributed by atoms with E-state index in [0.29, 0.717) is 71.0 Å². The van der Waals surface area contributed by atoms with Crippen molar-refractivity contribution in [2.45, 2.75) is 237 Å². The van der Waals surface area contributed by atoms with Crippen molar-refractivity contribution in [3.63, 3.8) is 0 Å². The zero-order chi connectivity index (χ0) is 71.1. The van der Waals surface area contributed by atoms with Crippen LogP contribution >= 0.6 is 0 Å². The highest BCUT2D eigenvalue weighted by molar-refractivity contribution is 7.00. The van der Waals surface area contributed by atoms with Crippen LogP contribution in [-0.2, 0) is 0 Å². The minimum atomic E-state index is -0.140. The molecule has 0 fully saturated rings. The smallest absolute Gasteiger partial charge is 0.252 e. The highest BCUT2D eigenvalue weighted by Crippen LogP contribution is 2.51. The molecule has 0 saturated heterocycles. The Hall–Kier alpha value is -8.14. The Morgan fingerprint density at radius 1 is 0.212 bits per heavy atom. The maximum absolute atomic E-state index is 2.66. The highest BCUT2D eigenvalue weighted by Gasteiger charge is 2.45. The van der Waals surface area contributed by atoms with Gasteiger partial charge in [0.05, 0.1) is 0 Å². The van der Waals surface area contributed by atoms with E-state index in [1.807, 2.05) is 0 Å². The normalized spacial score (nSPS) is 13.1. The van der Waals surface area contributed by atoms with Crippen LogP contribution in [0.3, 0.4) is 0 Å². The van der Waals surface area contributed by atoms with Gasteiger partial charge in [0.2, 0.25) is 0 Å². The van der Waals surface area contributed by atoms with E-state index >= 15 is 0 Å². The number of hydrogen-bond donors (Lipinski definition) is 0. The van der Waals surface area contributed by atoms with Gasteiger partial charge in [-0.2, -0.15) is 0 Å². The molecule has 10 aromatic rings. The van der Waals surface area contributed by atoms with Gasteiger partial charge < -0.3 is 9.80 Å². The van der Waals surface area contributed by atoms with E-state index in [1.54, 1.807) is 0 Å². The predicted molar refractivity (Wildman–Crippen MR) is 437 cm³/mol. The van der Waals surface area contributed by atoms with Gasteiger partial charge in [0.15, 0.2) is 0 Å². The van der Waals surface area contributed by atoms with Crippen molar-refractivity contribution in [1.82, 2.24) is 0 Å². The van der Waals surface area contributed by atoms with Crippen LogP contribution in [0.2, 0.25) is 0 Å². The molecule has 12 rings (SSSR count). The highest BCUT2D eigenvalue weighted by atomic mass is 15.2. The summed E-state index contributed by atoms with van der Waals surface area (Å²) in [7, 11) is 0. The van der Waals surface area contributed by atoms with Crippen molar-refractivity contribution >= 4 is 57.2 Å². The molecule has 2 nitrogen and oxygen atoms in total. The zero-order valence-corrected chi connectivity index (χ0v) is 64.6. The summed E-state index contributed by atoms with van der Waals surface area (Å²) in [6.07, 6.45) is 0. The first kappa shape index (κ1) is 70.7. The summed E-state index contributed by atoms with van der Waals surface area (Å²) in [5, 5.41) is 0. The topological polar surface area (TPSA) is 6.48 Å². The van der Waals surface area contributed by atoms with Gasteiger partial charge in [0.1, 0.15) is 0 Å².